The molecule has 32 heavy (non-hydrogen) atoms. The zero-order valence-electron chi connectivity index (χ0n) is 17.8. The molecule has 0 bridgehead atoms. The molecule has 1 unspecified atom stereocenters. The second-order valence-corrected chi connectivity index (χ2v) is 9.89. The number of nitro benzene ring substituents is 1. The number of carbonyl (C=O) groups excluding carboxylic acids is 1. The van der Waals surface area contributed by atoms with E-state index in [2.05, 4.69) is 25.9 Å². The van der Waals surface area contributed by atoms with Gasteiger partial charge >= 0.3 is 11.8 Å². The lowest BCUT2D eigenvalue weighted by molar-refractivity contribution is -0.386. The maximum absolute atomic E-state index is 12.2. The van der Waals surface area contributed by atoms with Gasteiger partial charge in [-0.2, -0.15) is 0 Å². The summed E-state index contributed by atoms with van der Waals surface area (Å²) < 4.78 is 11.6. The topological polar surface area (TPSA) is 108 Å². The number of rotatable bonds is 5. The molecule has 0 radical (unpaired) electrons. The normalized spacial score (nSPS) is 15.2. The summed E-state index contributed by atoms with van der Waals surface area (Å²) in [6.07, 6.45) is 0.0612. The molecule has 0 saturated carbocycles. The van der Waals surface area contributed by atoms with Crippen LogP contribution in [0.25, 0.3) is 0 Å². The highest BCUT2D eigenvalue weighted by molar-refractivity contribution is 9.10. The number of ether oxygens (including phenoxy) is 2. The fourth-order valence-electron chi connectivity index (χ4n) is 3.18. The zero-order valence-corrected chi connectivity index (χ0v) is 20.9. The van der Waals surface area contributed by atoms with Gasteiger partial charge in [-0.15, -0.1) is 0 Å². The minimum absolute atomic E-state index is 0.0329. The Morgan fingerprint density at radius 2 is 1.88 bits per heavy atom. The van der Waals surface area contributed by atoms with E-state index < -0.39 is 22.7 Å². The van der Waals surface area contributed by atoms with Gasteiger partial charge in [0.15, 0.2) is 0 Å². The minimum Gasteiger partial charge on any atom is -0.478 e. The minimum atomic E-state index is -0.747. The summed E-state index contributed by atoms with van der Waals surface area (Å²) in [5, 5.41) is 12.0. The number of nitrogens with zero attached hydrogens (tertiary/aromatic N) is 4. The maximum atomic E-state index is 12.2. The monoisotopic (exact) mass is 546 g/mol. The predicted molar refractivity (Wildman–Crippen MR) is 122 cm³/mol. The lowest BCUT2D eigenvalue weighted by Crippen LogP contribution is -2.50. The average molecular weight is 548 g/mol. The molecule has 9 nitrogen and oxygen atoms in total. The Hall–Kier alpha value is -2.17. The lowest BCUT2D eigenvalue weighted by Gasteiger charge is -2.40. The molecular weight excluding hydrogens is 527 g/mol. The average Bonchev–Trinajstić information content (AvgIpc) is 2.60. The third-order valence-electron chi connectivity index (χ3n) is 4.74. The van der Waals surface area contributed by atoms with Crippen LogP contribution < -0.4 is 4.74 Å². The molecular formula is C20H21BrCl2N4O5. The third kappa shape index (κ3) is 5.41. The predicted octanol–water partition coefficient (Wildman–Crippen LogP) is 5.93. The molecule has 12 heteroatoms. The first-order valence-electron chi connectivity index (χ1n) is 9.65. The van der Waals surface area contributed by atoms with E-state index in [1.54, 1.807) is 38.7 Å². The Kier molecular flexibility index (Phi) is 7.16. The van der Waals surface area contributed by atoms with Crippen molar-refractivity contribution in [1.82, 2.24) is 14.9 Å². The van der Waals surface area contributed by atoms with Crippen LogP contribution in [0.1, 0.15) is 50.8 Å². The Bertz CT molecular complexity index is 1040. The first-order valence-corrected chi connectivity index (χ1v) is 11.2. The van der Waals surface area contributed by atoms with Crippen LogP contribution in [0.3, 0.4) is 0 Å². The second-order valence-electron chi connectivity index (χ2n) is 8.32. The lowest BCUT2D eigenvalue weighted by atomic mass is 9.91. The molecule has 0 spiro atoms. The number of aromatic nitrogens is 2. The summed E-state index contributed by atoms with van der Waals surface area (Å²) >= 11 is 15.6. The highest BCUT2D eigenvalue weighted by Crippen LogP contribution is 2.43. The summed E-state index contributed by atoms with van der Waals surface area (Å²) in [7, 11) is 0. The van der Waals surface area contributed by atoms with Gasteiger partial charge in [0, 0.05) is 25.1 Å². The molecule has 1 aromatic carbocycles. The number of benzene rings is 1. The van der Waals surface area contributed by atoms with E-state index in [-0.39, 0.29) is 27.7 Å². The summed E-state index contributed by atoms with van der Waals surface area (Å²) in [6, 6.07) is 3.20. The van der Waals surface area contributed by atoms with Crippen LogP contribution in [0.15, 0.2) is 22.9 Å². The number of halogens is 3. The quantitative estimate of drug-likeness (QED) is 0.259. The van der Waals surface area contributed by atoms with Crippen LogP contribution in [0.2, 0.25) is 10.3 Å². The van der Waals surface area contributed by atoms with Gasteiger partial charge in [-0.25, -0.2) is 14.8 Å². The summed E-state index contributed by atoms with van der Waals surface area (Å²) in [6.45, 7) is 7.84. The molecule has 2 aromatic rings. The molecule has 1 atom stereocenters. The molecule has 0 aliphatic carbocycles. The Morgan fingerprint density at radius 3 is 2.41 bits per heavy atom. The Morgan fingerprint density at radius 1 is 1.28 bits per heavy atom. The summed E-state index contributed by atoms with van der Waals surface area (Å²) in [5.41, 5.74) is 0.228. The molecule has 172 valence electrons. The third-order valence-corrected chi connectivity index (χ3v) is 5.93. The van der Waals surface area contributed by atoms with E-state index in [4.69, 9.17) is 32.7 Å². The largest absolute Gasteiger partial charge is 0.478 e. The van der Waals surface area contributed by atoms with Crippen molar-refractivity contribution in [3.05, 3.63) is 54.5 Å². The van der Waals surface area contributed by atoms with Gasteiger partial charge in [-0.05, 0) is 55.3 Å². The molecule has 0 N–H and O–H groups in total. The van der Waals surface area contributed by atoms with Crippen LogP contribution in [-0.4, -0.2) is 44.6 Å². The van der Waals surface area contributed by atoms with E-state index >= 15 is 0 Å². The van der Waals surface area contributed by atoms with E-state index in [9.17, 15) is 14.9 Å². The van der Waals surface area contributed by atoms with E-state index in [0.717, 1.165) is 0 Å². The maximum Gasteiger partial charge on any atom is 0.410 e. The number of nitro groups is 1. The highest BCUT2D eigenvalue weighted by atomic mass is 79.9. The van der Waals surface area contributed by atoms with Gasteiger partial charge < -0.3 is 14.4 Å². The van der Waals surface area contributed by atoms with Crippen molar-refractivity contribution in [2.75, 3.05) is 13.1 Å². The molecule has 1 fully saturated rings. The number of hydrogen-bond donors (Lipinski definition) is 0. The zero-order chi connectivity index (χ0) is 23.8. The van der Waals surface area contributed by atoms with Crippen molar-refractivity contribution >= 4 is 50.9 Å². The fourth-order valence-corrected chi connectivity index (χ4v) is 4.36. The molecule has 1 aromatic heterocycles. The Balaban J connectivity index is 1.81. The Labute approximate surface area is 203 Å². The van der Waals surface area contributed by atoms with Crippen LogP contribution in [0.5, 0.6) is 5.75 Å². The summed E-state index contributed by atoms with van der Waals surface area (Å²) in [5.74, 6) is -0.0269. The van der Waals surface area contributed by atoms with Crippen molar-refractivity contribution < 1.29 is 19.2 Å². The van der Waals surface area contributed by atoms with Gasteiger partial charge in [0.05, 0.1) is 15.0 Å². The smallest absolute Gasteiger partial charge is 0.410 e. The first-order chi connectivity index (χ1) is 14.9. The van der Waals surface area contributed by atoms with Crippen molar-refractivity contribution in [3.8, 4) is 5.75 Å². The second kappa shape index (κ2) is 9.36. The SMILES string of the molecule is CC(Oc1c(Br)cc(C2CN(C(=O)OC(C)(C)C)C2)cc1[N+](=O)[O-])c1c(Cl)ncnc1Cl. The highest BCUT2D eigenvalue weighted by Gasteiger charge is 2.36. The number of likely N-dealkylation sites (tertiary alicyclic amines) is 1. The van der Waals surface area contributed by atoms with Crippen LogP contribution in [0.4, 0.5) is 10.5 Å². The van der Waals surface area contributed by atoms with Crippen LogP contribution in [0, 0.1) is 10.1 Å². The first kappa shape index (κ1) is 24.5. The molecule has 1 aliphatic heterocycles. The van der Waals surface area contributed by atoms with Gasteiger partial charge in [-0.1, -0.05) is 23.2 Å². The fraction of sp³-hybridized carbons (Fsp3) is 0.450. The molecule has 1 amide bonds. The van der Waals surface area contributed by atoms with Crippen LogP contribution in [-0.2, 0) is 4.74 Å². The molecule has 1 saturated heterocycles. The van der Waals surface area contributed by atoms with Crippen molar-refractivity contribution in [3.63, 3.8) is 0 Å². The van der Waals surface area contributed by atoms with E-state index in [1.165, 1.54) is 12.4 Å². The number of amides is 1. The van der Waals surface area contributed by atoms with E-state index in [1.807, 2.05) is 0 Å². The van der Waals surface area contributed by atoms with Gasteiger partial charge in [0.1, 0.15) is 28.3 Å². The van der Waals surface area contributed by atoms with E-state index in [0.29, 0.717) is 28.7 Å². The summed E-state index contributed by atoms with van der Waals surface area (Å²) in [4.78, 5) is 32.7. The number of carbonyl (C=O) groups is 1. The van der Waals surface area contributed by atoms with Crippen molar-refractivity contribution in [2.45, 2.75) is 45.3 Å². The van der Waals surface area contributed by atoms with Gasteiger partial charge in [-0.3, -0.25) is 10.1 Å². The molecule has 1 aliphatic rings. The van der Waals surface area contributed by atoms with Gasteiger partial charge in [0.2, 0.25) is 5.75 Å². The molecule has 2 heterocycles. The van der Waals surface area contributed by atoms with Crippen LogP contribution >= 0.6 is 39.1 Å². The standard InChI is InChI=1S/C20H21BrCl2N4O5/c1-10(15-17(22)24-9-25-18(15)23)31-16-13(21)5-11(6-14(16)27(29)30)12-7-26(8-12)19(28)32-20(2,3)4/h5-6,9-10,12H,7-8H2,1-4H3. The van der Waals surface area contributed by atoms with Gasteiger partial charge in [0.25, 0.3) is 0 Å². The van der Waals surface area contributed by atoms with Crippen molar-refractivity contribution in [2.24, 2.45) is 0 Å². The number of hydrogen-bond acceptors (Lipinski definition) is 7. The van der Waals surface area contributed by atoms with Crippen molar-refractivity contribution in [1.29, 1.82) is 0 Å². The molecule has 3 rings (SSSR count).